The van der Waals surface area contributed by atoms with E-state index < -0.39 is 0 Å². The van der Waals surface area contributed by atoms with E-state index in [1.165, 1.54) is 18.4 Å². The summed E-state index contributed by atoms with van der Waals surface area (Å²) >= 11 is 0. The summed E-state index contributed by atoms with van der Waals surface area (Å²) in [6, 6.07) is 6.14. The highest BCUT2D eigenvalue weighted by Gasteiger charge is 2.12. The number of phenolic OH excluding ortho intramolecular Hbond substituents is 1. The van der Waals surface area contributed by atoms with E-state index in [-0.39, 0.29) is 0 Å². The third-order valence-electron chi connectivity index (χ3n) is 3.59. The fraction of sp³-hybridized carbons (Fsp3) is 0.625. The Morgan fingerprint density at radius 2 is 1.59 bits per heavy atom. The van der Waals surface area contributed by atoms with Crippen LogP contribution in [0.25, 0.3) is 0 Å². The Bertz CT molecular complexity index is 343. The number of hydrogen-bond acceptors (Lipinski definition) is 1. The SMILES string of the molecule is CCC[C@H](C)c1ccc(O)c([C@@H](C)CCC)c1. The quantitative estimate of drug-likeness (QED) is 0.717. The highest BCUT2D eigenvalue weighted by molar-refractivity contribution is 5.39. The Kier molecular flexibility index (Phi) is 5.54. The highest BCUT2D eigenvalue weighted by Crippen LogP contribution is 2.32. The first-order valence-electron chi connectivity index (χ1n) is 6.92. The lowest BCUT2D eigenvalue weighted by molar-refractivity contribution is 0.459. The number of phenols is 1. The van der Waals surface area contributed by atoms with Crippen molar-refractivity contribution in [1.29, 1.82) is 0 Å². The summed E-state index contributed by atoms with van der Waals surface area (Å²) in [6.45, 7) is 8.88. The third kappa shape index (κ3) is 3.76. The van der Waals surface area contributed by atoms with E-state index in [1.807, 2.05) is 6.07 Å². The Morgan fingerprint density at radius 1 is 1.00 bits per heavy atom. The summed E-state index contributed by atoms with van der Waals surface area (Å²) in [5, 5.41) is 9.94. The molecule has 1 N–H and O–H groups in total. The lowest BCUT2D eigenvalue weighted by atomic mass is 9.89. The van der Waals surface area contributed by atoms with Crippen molar-refractivity contribution in [3.8, 4) is 5.75 Å². The Morgan fingerprint density at radius 3 is 2.18 bits per heavy atom. The zero-order chi connectivity index (χ0) is 12.8. The highest BCUT2D eigenvalue weighted by atomic mass is 16.3. The van der Waals surface area contributed by atoms with Crippen LogP contribution >= 0.6 is 0 Å². The maximum atomic E-state index is 9.94. The molecule has 1 aromatic rings. The zero-order valence-electron chi connectivity index (χ0n) is 11.7. The predicted octanol–water partition coefficient (Wildman–Crippen LogP) is 5.20. The normalized spacial score (nSPS) is 14.6. The zero-order valence-corrected chi connectivity index (χ0v) is 11.7. The van der Waals surface area contributed by atoms with Gasteiger partial charge in [-0.1, -0.05) is 52.7 Å². The van der Waals surface area contributed by atoms with Crippen molar-refractivity contribution >= 4 is 0 Å². The molecule has 0 radical (unpaired) electrons. The van der Waals surface area contributed by atoms with Gasteiger partial charge in [0.05, 0.1) is 0 Å². The molecule has 0 aliphatic rings. The lowest BCUT2D eigenvalue weighted by Gasteiger charge is -2.17. The van der Waals surface area contributed by atoms with E-state index in [1.54, 1.807) is 0 Å². The van der Waals surface area contributed by atoms with Crippen LogP contribution in [0.5, 0.6) is 5.75 Å². The summed E-state index contributed by atoms with van der Waals surface area (Å²) in [6.07, 6.45) is 4.72. The summed E-state index contributed by atoms with van der Waals surface area (Å²) in [7, 11) is 0. The van der Waals surface area contributed by atoms with Crippen molar-refractivity contribution in [3.63, 3.8) is 0 Å². The lowest BCUT2D eigenvalue weighted by Crippen LogP contribution is -1.98. The maximum absolute atomic E-state index is 9.94. The van der Waals surface area contributed by atoms with Crippen molar-refractivity contribution in [2.24, 2.45) is 0 Å². The van der Waals surface area contributed by atoms with Gasteiger partial charge >= 0.3 is 0 Å². The van der Waals surface area contributed by atoms with E-state index in [4.69, 9.17) is 0 Å². The summed E-state index contributed by atoms with van der Waals surface area (Å²) in [5.74, 6) is 1.50. The maximum Gasteiger partial charge on any atom is 0.119 e. The second-order valence-electron chi connectivity index (χ2n) is 5.20. The second-order valence-corrected chi connectivity index (χ2v) is 5.20. The van der Waals surface area contributed by atoms with Gasteiger partial charge in [-0.15, -0.1) is 0 Å². The van der Waals surface area contributed by atoms with Gasteiger partial charge in [0.2, 0.25) is 0 Å². The molecule has 1 rings (SSSR count). The van der Waals surface area contributed by atoms with E-state index in [9.17, 15) is 5.11 Å². The van der Waals surface area contributed by atoms with Gasteiger partial charge in [-0.2, -0.15) is 0 Å². The molecule has 96 valence electrons. The standard InChI is InChI=1S/C16H26O/c1-5-7-12(3)14-9-10-16(17)15(11-14)13(4)8-6-2/h9-13,17H,5-8H2,1-4H3/t12-,13-/m0/s1. The molecule has 0 fully saturated rings. The van der Waals surface area contributed by atoms with Crippen LogP contribution in [-0.4, -0.2) is 5.11 Å². The fourth-order valence-corrected chi connectivity index (χ4v) is 2.46. The molecule has 0 aromatic heterocycles. The molecule has 0 saturated carbocycles. The summed E-state index contributed by atoms with van der Waals surface area (Å²) in [4.78, 5) is 0. The molecule has 0 saturated heterocycles. The van der Waals surface area contributed by atoms with Gasteiger partial charge in [-0.25, -0.2) is 0 Å². The van der Waals surface area contributed by atoms with Crippen LogP contribution in [0.3, 0.4) is 0 Å². The van der Waals surface area contributed by atoms with Gasteiger partial charge in [-0.3, -0.25) is 0 Å². The smallest absolute Gasteiger partial charge is 0.119 e. The van der Waals surface area contributed by atoms with Gasteiger partial charge in [0.25, 0.3) is 0 Å². The van der Waals surface area contributed by atoms with Crippen LogP contribution in [0.15, 0.2) is 18.2 Å². The molecule has 0 bridgehead atoms. The van der Waals surface area contributed by atoms with Gasteiger partial charge in [0.15, 0.2) is 0 Å². The number of aromatic hydroxyl groups is 1. The molecule has 0 unspecified atom stereocenters. The minimum absolute atomic E-state index is 0.453. The third-order valence-corrected chi connectivity index (χ3v) is 3.59. The first-order valence-corrected chi connectivity index (χ1v) is 6.92. The molecule has 2 atom stereocenters. The molecular formula is C16H26O. The van der Waals surface area contributed by atoms with Crippen LogP contribution in [0, 0.1) is 0 Å². The van der Waals surface area contributed by atoms with Crippen LogP contribution in [-0.2, 0) is 0 Å². The Labute approximate surface area is 106 Å². The van der Waals surface area contributed by atoms with Crippen molar-refractivity contribution in [3.05, 3.63) is 29.3 Å². The molecule has 0 amide bonds. The second kappa shape index (κ2) is 6.68. The van der Waals surface area contributed by atoms with E-state index in [0.717, 1.165) is 18.4 Å². The van der Waals surface area contributed by atoms with Crippen LogP contribution in [0.1, 0.15) is 76.3 Å². The van der Waals surface area contributed by atoms with Crippen molar-refractivity contribution in [2.75, 3.05) is 0 Å². The number of rotatable bonds is 6. The topological polar surface area (TPSA) is 20.2 Å². The van der Waals surface area contributed by atoms with E-state index in [0.29, 0.717) is 17.6 Å². The van der Waals surface area contributed by atoms with Gasteiger partial charge in [0.1, 0.15) is 5.75 Å². The number of benzene rings is 1. The Hall–Kier alpha value is -0.980. The summed E-state index contributed by atoms with van der Waals surface area (Å²) in [5.41, 5.74) is 2.48. The molecular weight excluding hydrogens is 208 g/mol. The van der Waals surface area contributed by atoms with E-state index in [2.05, 4.69) is 39.8 Å². The molecule has 0 aliphatic heterocycles. The van der Waals surface area contributed by atoms with E-state index >= 15 is 0 Å². The van der Waals surface area contributed by atoms with Crippen LogP contribution < -0.4 is 0 Å². The van der Waals surface area contributed by atoms with Gasteiger partial charge in [0, 0.05) is 0 Å². The number of hydrogen-bond donors (Lipinski definition) is 1. The fourth-order valence-electron chi connectivity index (χ4n) is 2.46. The molecule has 1 aromatic carbocycles. The predicted molar refractivity (Wildman–Crippen MR) is 74.8 cm³/mol. The molecule has 1 nitrogen and oxygen atoms in total. The minimum atomic E-state index is 0.453. The van der Waals surface area contributed by atoms with Crippen LogP contribution in [0.2, 0.25) is 0 Å². The van der Waals surface area contributed by atoms with Gasteiger partial charge in [-0.05, 0) is 41.9 Å². The molecule has 1 heteroatoms. The molecule has 0 aliphatic carbocycles. The molecule has 0 heterocycles. The molecule has 17 heavy (non-hydrogen) atoms. The van der Waals surface area contributed by atoms with Crippen molar-refractivity contribution in [2.45, 2.75) is 65.2 Å². The van der Waals surface area contributed by atoms with Gasteiger partial charge < -0.3 is 5.11 Å². The first-order chi connectivity index (χ1) is 8.10. The first kappa shape index (κ1) is 14.1. The van der Waals surface area contributed by atoms with Crippen LogP contribution in [0.4, 0.5) is 0 Å². The summed E-state index contributed by atoms with van der Waals surface area (Å²) < 4.78 is 0. The van der Waals surface area contributed by atoms with Crippen molar-refractivity contribution in [1.82, 2.24) is 0 Å². The van der Waals surface area contributed by atoms with Crippen molar-refractivity contribution < 1.29 is 5.11 Å². The monoisotopic (exact) mass is 234 g/mol. The molecule has 0 spiro atoms. The average molecular weight is 234 g/mol. The largest absolute Gasteiger partial charge is 0.508 e. The average Bonchev–Trinajstić information content (AvgIpc) is 2.30. The Balaban J connectivity index is 2.93. The minimum Gasteiger partial charge on any atom is -0.508 e.